The Morgan fingerprint density at radius 1 is 1.69 bits per heavy atom. The van der Waals surface area contributed by atoms with Crippen LogP contribution in [0, 0.1) is 5.95 Å². The van der Waals surface area contributed by atoms with Crippen LogP contribution in [0.4, 0.5) is 10.2 Å². The summed E-state index contributed by atoms with van der Waals surface area (Å²) in [5.41, 5.74) is 0. The van der Waals surface area contributed by atoms with Crippen molar-refractivity contribution in [2.75, 3.05) is 11.9 Å². The summed E-state index contributed by atoms with van der Waals surface area (Å²) in [5, 5.41) is 10.8. The van der Waals surface area contributed by atoms with Gasteiger partial charge in [0.15, 0.2) is 0 Å². The maximum atomic E-state index is 12.6. The molecule has 13 heavy (non-hydrogen) atoms. The Kier molecular flexibility index (Phi) is 3.18. The first-order valence-corrected chi connectivity index (χ1v) is 4.16. The van der Waals surface area contributed by atoms with Gasteiger partial charge in [0.1, 0.15) is 12.4 Å². The van der Waals surface area contributed by atoms with Gasteiger partial charge in [-0.05, 0) is 6.07 Å². The Hall–Kier alpha value is -1.17. The van der Waals surface area contributed by atoms with E-state index in [1.54, 1.807) is 0 Å². The highest BCUT2D eigenvalue weighted by Gasteiger charge is 2.01. The Bertz CT molecular complexity index is 312. The molecule has 0 radical (unpaired) electrons. The van der Waals surface area contributed by atoms with E-state index in [0.29, 0.717) is 4.47 Å². The lowest BCUT2D eigenvalue weighted by atomic mass is 10.4. The van der Waals surface area contributed by atoms with E-state index in [9.17, 15) is 9.18 Å². The SMILES string of the molecule is O=C(O)CNc1cc(Br)cc(F)n1. The molecule has 0 aliphatic rings. The van der Waals surface area contributed by atoms with Crippen molar-refractivity contribution >= 4 is 27.7 Å². The smallest absolute Gasteiger partial charge is 0.322 e. The molecule has 2 N–H and O–H groups in total. The number of nitrogens with one attached hydrogen (secondary N) is 1. The van der Waals surface area contributed by atoms with E-state index >= 15 is 0 Å². The molecule has 4 nitrogen and oxygen atoms in total. The van der Waals surface area contributed by atoms with Crippen LogP contribution in [0.3, 0.4) is 0 Å². The Morgan fingerprint density at radius 2 is 2.38 bits per heavy atom. The predicted octanol–water partition coefficient (Wildman–Crippen LogP) is 1.48. The third-order valence-electron chi connectivity index (χ3n) is 1.18. The van der Waals surface area contributed by atoms with Crippen molar-refractivity contribution in [2.24, 2.45) is 0 Å². The Balaban J connectivity index is 2.71. The summed E-state index contributed by atoms with van der Waals surface area (Å²) < 4.78 is 13.1. The van der Waals surface area contributed by atoms with Crippen LogP contribution in [0.2, 0.25) is 0 Å². The van der Waals surface area contributed by atoms with Gasteiger partial charge >= 0.3 is 5.97 Å². The third kappa shape index (κ3) is 3.37. The highest BCUT2D eigenvalue weighted by Crippen LogP contribution is 2.14. The van der Waals surface area contributed by atoms with Crippen molar-refractivity contribution in [1.29, 1.82) is 0 Å². The van der Waals surface area contributed by atoms with E-state index in [-0.39, 0.29) is 12.4 Å². The number of aromatic nitrogens is 1. The molecule has 1 aromatic heterocycles. The summed E-state index contributed by atoms with van der Waals surface area (Å²) in [4.78, 5) is 13.6. The van der Waals surface area contributed by atoms with Gasteiger partial charge in [-0.15, -0.1) is 0 Å². The van der Waals surface area contributed by atoms with Crippen LogP contribution in [0.25, 0.3) is 0 Å². The standard InChI is InChI=1S/C7H6BrFN2O2/c8-4-1-5(9)11-6(2-4)10-3-7(12)13/h1-2H,3H2,(H,10,11)(H,12,13). The second-order valence-electron chi connectivity index (χ2n) is 2.24. The summed E-state index contributed by atoms with van der Waals surface area (Å²) in [6.07, 6.45) is 0. The van der Waals surface area contributed by atoms with Gasteiger partial charge < -0.3 is 10.4 Å². The van der Waals surface area contributed by atoms with Crippen LogP contribution in [0.15, 0.2) is 16.6 Å². The van der Waals surface area contributed by atoms with Gasteiger partial charge in [0.25, 0.3) is 0 Å². The van der Waals surface area contributed by atoms with Gasteiger partial charge in [0.05, 0.1) is 0 Å². The number of hydrogen-bond acceptors (Lipinski definition) is 3. The summed E-state index contributed by atoms with van der Waals surface area (Å²) in [5.74, 6) is -1.50. The largest absolute Gasteiger partial charge is 0.480 e. The minimum atomic E-state index is -1.03. The molecule has 0 atom stereocenters. The van der Waals surface area contributed by atoms with E-state index in [0.717, 1.165) is 0 Å². The van der Waals surface area contributed by atoms with Gasteiger partial charge in [-0.1, -0.05) is 15.9 Å². The Labute approximate surface area is 81.9 Å². The molecule has 0 bridgehead atoms. The van der Waals surface area contributed by atoms with Gasteiger partial charge in [-0.3, -0.25) is 4.79 Å². The van der Waals surface area contributed by atoms with Crippen molar-refractivity contribution in [3.05, 3.63) is 22.6 Å². The van der Waals surface area contributed by atoms with Crippen molar-refractivity contribution in [2.45, 2.75) is 0 Å². The normalized spacial score (nSPS) is 9.69. The van der Waals surface area contributed by atoms with Crippen LogP contribution in [-0.2, 0) is 4.79 Å². The van der Waals surface area contributed by atoms with Gasteiger partial charge in [0.2, 0.25) is 5.95 Å². The monoisotopic (exact) mass is 248 g/mol. The Morgan fingerprint density at radius 3 is 2.92 bits per heavy atom. The van der Waals surface area contributed by atoms with E-state index < -0.39 is 11.9 Å². The first-order valence-electron chi connectivity index (χ1n) is 3.36. The second-order valence-corrected chi connectivity index (χ2v) is 3.16. The van der Waals surface area contributed by atoms with Crippen LogP contribution >= 0.6 is 15.9 Å². The first kappa shape index (κ1) is 9.91. The first-order chi connectivity index (χ1) is 6.08. The predicted molar refractivity (Wildman–Crippen MR) is 48.0 cm³/mol. The maximum absolute atomic E-state index is 12.6. The third-order valence-corrected chi connectivity index (χ3v) is 1.64. The van der Waals surface area contributed by atoms with Crippen LogP contribution in [0.5, 0.6) is 0 Å². The summed E-state index contributed by atoms with van der Waals surface area (Å²) in [7, 11) is 0. The molecule has 1 heterocycles. The number of pyridine rings is 1. The fraction of sp³-hybridized carbons (Fsp3) is 0.143. The number of carboxylic acid groups (broad SMARTS) is 1. The molecule has 6 heteroatoms. The molecule has 0 aliphatic carbocycles. The minimum Gasteiger partial charge on any atom is -0.480 e. The van der Waals surface area contributed by atoms with Crippen LogP contribution in [0.1, 0.15) is 0 Å². The highest BCUT2D eigenvalue weighted by atomic mass is 79.9. The number of carboxylic acids is 1. The second kappa shape index (κ2) is 4.18. The quantitative estimate of drug-likeness (QED) is 0.796. The number of rotatable bonds is 3. The molecule has 0 saturated carbocycles. The number of nitrogens with zero attached hydrogens (tertiary/aromatic N) is 1. The molecule has 0 aromatic carbocycles. The lowest BCUT2D eigenvalue weighted by molar-refractivity contribution is -0.134. The van der Waals surface area contributed by atoms with E-state index in [1.807, 2.05) is 0 Å². The van der Waals surface area contributed by atoms with E-state index in [2.05, 4.69) is 26.2 Å². The summed E-state index contributed by atoms with van der Waals surface area (Å²) in [6.45, 7) is -0.289. The summed E-state index contributed by atoms with van der Waals surface area (Å²) in [6, 6.07) is 2.68. The van der Waals surface area contributed by atoms with Crippen LogP contribution in [-0.4, -0.2) is 22.6 Å². The van der Waals surface area contributed by atoms with Crippen molar-refractivity contribution in [1.82, 2.24) is 4.98 Å². The molecule has 0 saturated heterocycles. The zero-order chi connectivity index (χ0) is 9.84. The molecule has 1 rings (SSSR count). The molecular formula is C7H6BrFN2O2. The highest BCUT2D eigenvalue weighted by molar-refractivity contribution is 9.10. The maximum Gasteiger partial charge on any atom is 0.322 e. The average molecular weight is 249 g/mol. The van der Waals surface area contributed by atoms with Gasteiger partial charge in [-0.25, -0.2) is 4.98 Å². The van der Waals surface area contributed by atoms with E-state index in [1.165, 1.54) is 12.1 Å². The molecule has 70 valence electrons. The number of halogens is 2. The van der Waals surface area contributed by atoms with Crippen molar-refractivity contribution in [3.63, 3.8) is 0 Å². The zero-order valence-corrected chi connectivity index (χ0v) is 8.01. The lowest BCUT2D eigenvalue weighted by Gasteiger charge is -2.02. The zero-order valence-electron chi connectivity index (χ0n) is 6.42. The number of carbonyl (C=O) groups is 1. The fourth-order valence-electron chi connectivity index (χ4n) is 0.722. The van der Waals surface area contributed by atoms with Crippen molar-refractivity contribution in [3.8, 4) is 0 Å². The average Bonchev–Trinajstić information content (AvgIpc) is 1.99. The molecule has 0 unspecified atom stereocenters. The minimum absolute atomic E-state index is 0.189. The molecule has 0 amide bonds. The molecule has 0 aliphatic heterocycles. The lowest BCUT2D eigenvalue weighted by Crippen LogP contribution is -2.13. The summed E-state index contributed by atoms with van der Waals surface area (Å²) >= 11 is 3.05. The van der Waals surface area contributed by atoms with Crippen molar-refractivity contribution < 1.29 is 14.3 Å². The molecule has 0 spiro atoms. The molecular weight excluding hydrogens is 243 g/mol. The van der Waals surface area contributed by atoms with Crippen LogP contribution < -0.4 is 5.32 Å². The fourth-order valence-corrected chi connectivity index (χ4v) is 1.13. The van der Waals surface area contributed by atoms with Gasteiger partial charge in [-0.2, -0.15) is 4.39 Å². The van der Waals surface area contributed by atoms with E-state index in [4.69, 9.17) is 5.11 Å². The topological polar surface area (TPSA) is 62.2 Å². The molecule has 1 aromatic rings. The van der Waals surface area contributed by atoms with Gasteiger partial charge in [0, 0.05) is 10.5 Å². The number of anilines is 1. The number of hydrogen-bond donors (Lipinski definition) is 2. The number of aliphatic carboxylic acids is 1. The molecule has 0 fully saturated rings.